The molecule has 2 aromatic heterocycles. The molecule has 0 atom stereocenters. The number of amides is 1. The quantitative estimate of drug-likeness (QED) is 0.325. The number of fused-ring (bicyclic) bond motifs is 1. The molecule has 184 valence electrons. The second kappa shape index (κ2) is 10.2. The predicted octanol–water partition coefficient (Wildman–Crippen LogP) is 6.14. The molecular formula is C28H29N5O3. The molecule has 0 unspecified atom stereocenters. The number of anilines is 1. The highest BCUT2D eigenvalue weighted by atomic mass is 16.6. The van der Waals surface area contributed by atoms with Gasteiger partial charge in [0.25, 0.3) is 0 Å². The Bertz CT molecular complexity index is 1390. The summed E-state index contributed by atoms with van der Waals surface area (Å²) in [6.45, 7) is 4.78. The van der Waals surface area contributed by atoms with Crippen LogP contribution < -0.4 is 10.1 Å². The summed E-state index contributed by atoms with van der Waals surface area (Å²) in [6, 6.07) is 18.2. The number of carbonyl (C=O) groups excluding carboxylic acids is 1. The Morgan fingerprint density at radius 3 is 2.67 bits per heavy atom. The van der Waals surface area contributed by atoms with E-state index in [0.717, 1.165) is 40.8 Å². The molecule has 8 nitrogen and oxygen atoms in total. The number of carbonyl (C=O) groups is 1. The molecule has 4 aromatic rings. The van der Waals surface area contributed by atoms with E-state index in [9.17, 15) is 10.1 Å². The van der Waals surface area contributed by atoms with Gasteiger partial charge in [-0.15, -0.1) is 0 Å². The molecule has 0 bridgehead atoms. The number of benzene rings is 2. The number of hydrogen-bond acceptors (Lipinski definition) is 5. The van der Waals surface area contributed by atoms with Crippen molar-refractivity contribution in [2.75, 3.05) is 11.9 Å². The Kier molecular flexibility index (Phi) is 6.63. The monoisotopic (exact) mass is 483 g/mol. The first-order valence-corrected chi connectivity index (χ1v) is 12.3. The average Bonchev–Trinajstić information content (AvgIpc) is 3.44. The molecule has 0 saturated heterocycles. The van der Waals surface area contributed by atoms with Crippen LogP contribution >= 0.6 is 0 Å². The minimum absolute atomic E-state index is 0.194. The highest BCUT2D eigenvalue weighted by Crippen LogP contribution is 2.43. The summed E-state index contributed by atoms with van der Waals surface area (Å²) in [6.07, 6.45) is 6.31. The van der Waals surface area contributed by atoms with Crippen LogP contribution in [0, 0.1) is 11.3 Å². The summed E-state index contributed by atoms with van der Waals surface area (Å²) in [5, 5.41) is 18.0. The van der Waals surface area contributed by atoms with Crippen molar-refractivity contribution < 1.29 is 14.3 Å². The second-order valence-electron chi connectivity index (χ2n) is 9.24. The van der Waals surface area contributed by atoms with Gasteiger partial charge in [0, 0.05) is 35.6 Å². The largest absolute Gasteiger partial charge is 0.492 e. The third kappa shape index (κ3) is 4.78. The number of nitriles is 1. The summed E-state index contributed by atoms with van der Waals surface area (Å²) >= 11 is 0. The van der Waals surface area contributed by atoms with E-state index in [1.165, 1.54) is 6.42 Å². The molecule has 1 amide bonds. The number of nitrogens with one attached hydrogen (secondary N) is 1. The number of ether oxygens (including phenoxy) is 2. The standard InChI is InChI=1S/C28H29N5O3/c1-19(2)36-28(34)31-21-9-7-20(8-10-21)27-25(18-29)24-12-11-23(35-16-15-32-14-4-13-30-32)17-26(24)33(27)22-5-3-6-22/h4,7-14,17,19,22H,3,5-6,15-16H2,1-2H3,(H,31,34). The first-order valence-electron chi connectivity index (χ1n) is 12.3. The molecule has 1 fully saturated rings. The van der Waals surface area contributed by atoms with Gasteiger partial charge in [-0.3, -0.25) is 10.00 Å². The van der Waals surface area contributed by atoms with E-state index in [4.69, 9.17) is 9.47 Å². The molecule has 1 N–H and O–H groups in total. The Hall–Kier alpha value is -4.25. The van der Waals surface area contributed by atoms with Crippen molar-refractivity contribution in [1.29, 1.82) is 5.26 Å². The van der Waals surface area contributed by atoms with Crippen LogP contribution in [-0.4, -0.2) is 33.2 Å². The second-order valence-corrected chi connectivity index (χ2v) is 9.24. The summed E-state index contributed by atoms with van der Waals surface area (Å²) in [5.41, 5.74) is 4.13. The lowest BCUT2D eigenvalue weighted by atomic mass is 9.92. The molecule has 0 spiro atoms. The van der Waals surface area contributed by atoms with E-state index in [0.29, 0.717) is 30.4 Å². The summed E-state index contributed by atoms with van der Waals surface area (Å²) < 4.78 is 15.3. The maximum atomic E-state index is 12.0. The molecule has 5 rings (SSSR count). The van der Waals surface area contributed by atoms with Gasteiger partial charge in [-0.25, -0.2) is 4.79 Å². The van der Waals surface area contributed by atoms with Crippen LogP contribution in [-0.2, 0) is 11.3 Å². The predicted molar refractivity (Wildman–Crippen MR) is 138 cm³/mol. The van der Waals surface area contributed by atoms with Crippen LogP contribution in [0.4, 0.5) is 10.5 Å². The van der Waals surface area contributed by atoms with Gasteiger partial charge in [-0.05, 0) is 69.0 Å². The summed E-state index contributed by atoms with van der Waals surface area (Å²) in [4.78, 5) is 12.0. The van der Waals surface area contributed by atoms with Gasteiger partial charge < -0.3 is 14.0 Å². The fraction of sp³-hybridized carbons (Fsp3) is 0.321. The molecule has 0 aliphatic heterocycles. The Labute approximate surface area is 210 Å². The van der Waals surface area contributed by atoms with E-state index >= 15 is 0 Å². The first-order chi connectivity index (χ1) is 17.5. The Morgan fingerprint density at radius 2 is 2.03 bits per heavy atom. The Morgan fingerprint density at radius 1 is 1.22 bits per heavy atom. The minimum Gasteiger partial charge on any atom is -0.492 e. The molecule has 1 aliphatic carbocycles. The average molecular weight is 484 g/mol. The zero-order valence-electron chi connectivity index (χ0n) is 20.5. The normalized spacial score (nSPS) is 13.4. The van der Waals surface area contributed by atoms with Crippen LogP contribution in [0.3, 0.4) is 0 Å². The van der Waals surface area contributed by atoms with E-state index < -0.39 is 6.09 Å². The smallest absolute Gasteiger partial charge is 0.411 e. The minimum atomic E-state index is -0.487. The van der Waals surface area contributed by atoms with Gasteiger partial charge >= 0.3 is 6.09 Å². The van der Waals surface area contributed by atoms with E-state index in [1.807, 2.05) is 59.4 Å². The molecule has 2 aromatic carbocycles. The van der Waals surface area contributed by atoms with Crippen LogP contribution in [0.15, 0.2) is 60.9 Å². The maximum Gasteiger partial charge on any atom is 0.411 e. The van der Waals surface area contributed by atoms with Gasteiger partial charge in [-0.1, -0.05) is 12.1 Å². The molecule has 1 saturated carbocycles. The van der Waals surface area contributed by atoms with Crippen molar-refractivity contribution in [2.45, 2.75) is 51.8 Å². The summed E-state index contributed by atoms with van der Waals surface area (Å²) in [7, 11) is 0. The van der Waals surface area contributed by atoms with Crippen molar-refractivity contribution in [3.63, 3.8) is 0 Å². The van der Waals surface area contributed by atoms with Gasteiger partial charge in [0.15, 0.2) is 0 Å². The number of nitrogens with zero attached hydrogens (tertiary/aromatic N) is 4. The molecule has 2 heterocycles. The van der Waals surface area contributed by atoms with Crippen LogP contribution in [0.1, 0.15) is 44.7 Å². The van der Waals surface area contributed by atoms with Gasteiger partial charge in [0.05, 0.1) is 29.4 Å². The van der Waals surface area contributed by atoms with Crippen molar-refractivity contribution in [3.05, 3.63) is 66.5 Å². The third-order valence-corrected chi connectivity index (χ3v) is 6.42. The van der Waals surface area contributed by atoms with Crippen molar-refractivity contribution in [2.24, 2.45) is 0 Å². The van der Waals surface area contributed by atoms with Crippen molar-refractivity contribution >= 4 is 22.7 Å². The number of hydrogen-bond donors (Lipinski definition) is 1. The van der Waals surface area contributed by atoms with Gasteiger partial charge in [-0.2, -0.15) is 10.4 Å². The zero-order chi connectivity index (χ0) is 25.1. The SMILES string of the molecule is CC(C)OC(=O)Nc1ccc(-c2c(C#N)c3ccc(OCCn4cccn4)cc3n2C2CCC2)cc1. The fourth-order valence-electron chi connectivity index (χ4n) is 4.56. The zero-order valence-corrected chi connectivity index (χ0v) is 20.5. The van der Waals surface area contributed by atoms with E-state index in [1.54, 1.807) is 20.0 Å². The molecule has 36 heavy (non-hydrogen) atoms. The van der Waals surface area contributed by atoms with Gasteiger partial charge in [0.2, 0.25) is 0 Å². The number of rotatable bonds is 8. The van der Waals surface area contributed by atoms with Crippen LogP contribution in [0.5, 0.6) is 5.75 Å². The topological polar surface area (TPSA) is 94.1 Å². The van der Waals surface area contributed by atoms with E-state index in [2.05, 4.69) is 21.1 Å². The maximum absolute atomic E-state index is 12.0. The molecule has 1 aliphatic rings. The third-order valence-electron chi connectivity index (χ3n) is 6.42. The molecule has 8 heteroatoms. The summed E-state index contributed by atoms with van der Waals surface area (Å²) in [5.74, 6) is 0.770. The Balaban J connectivity index is 1.47. The first kappa shape index (κ1) is 23.5. The highest BCUT2D eigenvalue weighted by molar-refractivity contribution is 5.96. The van der Waals surface area contributed by atoms with Crippen molar-refractivity contribution in [1.82, 2.24) is 14.3 Å². The van der Waals surface area contributed by atoms with Crippen LogP contribution in [0.25, 0.3) is 22.2 Å². The molecular weight excluding hydrogens is 454 g/mol. The van der Waals surface area contributed by atoms with Crippen molar-refractivity contribution in [3.8, 4) is 23.1 Å². The van der Waals surface area contributed by atoms with Gasteiger partial charge in [0.1, 0.15) is 18.4 Å². The lowest BCUT2D eigenvalue weighted by Crippen LogP contribution is -2.18. The highest BCUT2D eigenvalue weighted by Gasteiger charge is 2.28. The fourth-order valence-corrected chi connectivity index (χ4v) is 4.56. The van der Waals surface area contributed by atoms with E-state index in [-0.39, 0.29) is 6.10 Å². The lowest BCUT2D eigenvalue weighted by molar-refractivity contribution is 0.130. The number of aromatic nitrogens is 3. The molecule has 0 radical (unpaired) electrons. The van der Waals surface area contributed by atoms with Crippen LogP contribution in [0.2, 0.25) is 0 Å². The lowest BCUT2D eigenvalue weighted by Gasteiger charge is -2.30.